The van der Waals surface area contributed by atoms with Gasteiger partial charge in [0.15, 0.2) is 11.5 Å². The smallest absolute Gasteiger partial charge is 0.293 e. The van der Waals surface area contributed by atoms with Crippen LogP contribution in [-0.2, 0) is 11.4 Å². The van der Waals surface area contributed by atoms with Gasteiger partial charge in [-0.1, -0.05) is 36.4 Å². The lowest BCUT2D eigenvalue weighted by atomic mass is 10.1. The van der Waals surface area contributed by atoms with Gasteiger partial charge in [0.25, 0.3) is 11.1 Å². The van der Waals surface area contributed by atoms with E-state index in [9.17, 15) is 19.5 Å². The topological polar surface area (TPSA) is 96.0 Å². The molecule has 1 aliphatic heterocycles. The Bertz CT molecular complexity index is 1040. The minimum atomic E-state index is -1.23. The number of carboxylic acids is 1. The third-order valence-electron chi connectivity index (χ3n) is 4.33. The lowest BCUT2D eigenvalue weighted by Crippen LogP contribution is -2.27. The molecule has 0 bridgehead atoms. The molecule has 2 amide bonds. The van der Waals surface area contributed by atoms with Gasteiger partial charge in [0.05, 0.1) is 17.5 Å². The lowest BCUT2D eigenvalue weighted by Gasteiger charge is -2.13. The lowest BCUT2D eigenvalue weighted by molar-refractivity contribution is -0.255. The number of amides is 2. The highest BCUT2D eigenvalue weighted by molar-refractivity contribution is 8.18. The SMILES string of the molecule is C=CCN1C(=O)S/C(=C/c2ccc(OCc3ccc(C(=O)[O-])cc3)c(OCC)c2)C1=O. The summed E-state index contributed by atoms with van der Waals surface area (Å²) in [5, 5.41) is 10.5. The summed E-state index contributed by atoms with van der Waals surface area (Å²) >= 11 is 0.883. The number of carbonyl (C=O) groups is 3. The van der Waals surface area contributed by atoms with Gasteiger partial charge in [0, 0.05) is 6.54 Å². The number of hydrogen-bond donors (Lipinski definition) is 0. The Balaban J connectivity index is 1.76. The van der Waals surface area contributed by atoms with Gasteiger partial charge >= 0.3 is 0 Å². The van der Waals surface area contributed by atoms with E-state index in [1.807, 2.05) is 6.92 Å². The van der Waals surface area contributed by atoms with Crippen molar-refractivity contribution < 1.29 is 29.0 Å². The van der Waals surface area contributed by atoms with Crippen LogP contribution < -0.4 is 14.6 Å². The summed E-state index contributed by atoms with van der Waals surface area (Å²) in [5.74, 6) is -0.590. The summed E-state index contributed by atoms with van der Waals surface area (Å²) in [6.45, 7) is 6.20. The number of benzene rings is 2. The molecule has 1 fully saturated rings. The second-order valence-electron chi connectivity index (χ2n) is 6.49. The standard InChI is InChI=1S/C23H21NO6S/c1-3-11-24-21(25)20(31-23(24)28)13-16-7-10-18(19(12-16)29-4-2)30-14-15-5-8-17(9-6-15)22(26)27/h3,5-10,12-13H,1,4,11,14H2,2H3,(H,26,27)/p-1/b20-13+. The number of hydrogen-bond acceptors (Lipinski definition) is 7. The van der Waals surface area contributed by atoms with E-state index in [1.165, 1.54) is 18.2 Å². The molecule has 3 rings (SSSR count). The van der Waals surface area contributed by atoms with Crippen molar-refractivity contribution in [2.75, 3.05) is 13.2 Å². The van der Waals surface area contributed by atoms with Crippen molar-refractivity contribution in [1.82, 2.24) is 4.90 Å². The number of imide groups is 1. The van der Waals surface area contributed by atoms with E-state index in [0.29, 0.717) is 28.6 Å². The quantitative estimate of drug-likeness (QED) is 0.438. The van der Waals surface area contributed by atoms with E-state index in [1.54, 1.807) is 36.4 Å². The van der Waals surface area contributed by atoms with Gasteiger partial charge in [0.2, 0.25) is 0 Å². The van der Waals surface area contributed by atoms with Gasteiger partial charge in [-0.2, -0.15) is 0 Å². The first kappa shape index (κ1) is 22.2. The number of carboxylic acid groups (broad SMARTS) is 1. The Labute approximate surface area is 184 Å². The molecule has 7 nitrogen and oxygen atoms in total. The van der Waals surface area contributed by atoms with Gasteiger partial charge in [-0.3, -0.25) is 14.5 Å². The van der Waals surface area contributed by atoms with Crippen molar-refractivity contribution in [2.24, 2.45) is 0 Å². The molecule has 0 saturated carbocycles. The van der Waals surface area contributed by atoms with Crippen LogP contribution in [0.15, 0.2) is 60.0 Å². The maximum absolute atomic E-state index is 12.4. The van der Waals surface area contributed by atoms with Crippen LogP contribution in [0.5, 0.6) is 11.5 Å². The van der Waals surface area contributed by atoms with E-state index in [2.05, 4.69) is 6.58 Å². The van der Waals surface area contributed by atoms with Gasteiger partial charge in [-0.05, 0) is 53.6 Å². The first-order chi connectivity index (χ1) is 14.9. The van der Waals surface area contributed by atoms with Gasteiger partial charge in [0.1, 0.15) is 6.61 Å². The molecule has 1 saturated heterocycles. The van der Waals surface area contributed by atoms with Crippen molar-refractivity contribution in [2.45, 2.75) is 13.5 Å². The summed E-state index contributed by atoms with van der Waals surface area (Å²) < 4.78 is 11.5. The van der Waals surface area contributed by atoms with Crippen LogP contribution in [0.2, 0.25) is 0 Å². The molecular weight excluding hydrogens is 418 g/mol. The van der Waals surface area contributed by atoms with Crippen LogP contribution in [-0.4, -0.2) is 35.2 Å². The zero-order valence-electron chi connectivity index (χ0n) is 16.8. The highest BCUT2D eigenvalue weighted by Gasteiger charge is 2.34. The van der Waals surface area contributed by atoms with Crippen molar-refractivity contribution >= 4 is 35.0 Å². The van der Waals surface area contributed by atoms with Crippen molar-refractivity contribution in [1.29, 1.82) is 0 Å². The van der Waals surface area contributed by atoms with E-state index in [0.717, 1.165) is 22.2 Å². The Morgan fingerprint density at radius 2 is 1.87 bits per heavy atom. The average Bonchev–Trinajstić information content (AvgIpc) is 3.01. The number of carbonyl (C=O) groups excluding carboxylic acids is 3. The average molecular weight is 438 g/mol. The zero-order chi connectivity index (χ0) is 22.4. The first-order valence-electron chi connectivity index (χ1n) is 9.49. The summed E-state index contributed by atoms with van der Waals surface area (Å²) in [6, 6.07) is 11.4. The normalized spacial score (nSPS) is 14.7. The third-order valence-corrected chi connectivity index (χ3v) is 5.24. The predicted molar refractivity (Wildman–Crippen MR) is 116 cm³/mol. The number of ether oxygens (including phenoxy) is 2. The molecule has 2 aromatic carbocycles. The van der Waals surface area contributed by atoms with Crippen molar-refractivity contribution in [3.05, 3.63) is 76.7 Å². The maximum atomic E-state index is 12.4. The second-order valence-corrected chi connectivity index (χ2v) is 7.49. The second kappa shape index (κ2) is 9.99. The Morgan fingerprint density at radius 3 is 2.52 bits per heavy atom. The third kappa shape index (κ3) is 5.35. The van der Waals surface area contributed by atoms with E-state index >= 15 is 0 Å². The van der Waals surface area contributed by atoms with Gasteiger partial charge in [-0.15, -0.1) is 6.58 Å². The molecule has 0 spiro atoms. The van der Waals surface area contributed by atoms with Gasteiger partial charge in [-0.25, -0.2) is 0 Å². The van der Waals surface area contributed by atoms with Crippen LogP contribution in [0, 0.1) is 0 Å². The van der Waals surface area contributed by atoms with E-state index < -0.39 is 5.97 Å². The minimum absolute atomic E-state index is 0.0978. The molecule has 0 aliphatic carbocycles. The van der Waals surface area contributed by atoms with E-state index in [-0.39, 0.29) is 29.9 Å². The molecule has 8 heteroatoms. The van der Waals surface area contributed by atoms with Crippen LogP contribution >= 0.6 is 11.8 Å². The molecule has 2 aromatic rings. The highest BCUT2D eigenvalue weighted by Crippen LogP contribution is 2.34. The number of thioether (sulfide) groups is 1. The number of rotatable bonds is 9. The Kier molecular flexibility index (Phi) is 7.15. The molecule has 1 heterocycles. The maximum Gasteiger partial charge on any atom is 0.293 e. The van der Waals surface area contributed by atoms with Crippen molar-refractivity contribution in [3.63, 3.8) is 0 Å². The molecule has 0 radical (unpaired) electrons. The van der Waals surface area contributed by atoms with Gasteiger partial charge < -0.3 is 19.4 Å². The molecule has 0 unspecified atom stereocenters. The molecule has 0 N–H and O–H groups in total. The first-order valence-corrected chi connectivity index (χ1v) is 10.3. The van der Waals surface area contributed by atoms with Crippen molar-refractivity contribution in [3.8, 4) is 11.5 Å². The summed E-state index contributed by atoms with van der Waals surface area (Å²) in [7, 11) is 0. The fourth-order valence-corrected chi connectivity index (χ4v) is 3.69. The largest absolute Gasteiger partial charge is 0.545 e. The summed E-state index contributed by atoms with van der Waals surface area (Å²) in [6.07, 6.45) is 3.14. The molecule has 160 valence electrons. The molecule has 31 heavy (non-hydrogen) atoms. The number of aromatic carboxylic acids is 1. The molecule has 0 atom stereocenters. The summed E-state index contributed by atoms with van der Waals surface area (Å²) in [5.41, 5.74) is 1.58. The van der Waals surface area contributed by atoms with Crippen LogP contribution in [0.1, 0.15) is 28.4 Å². The minimum Gasteiger partial charge on any atom is -0.545 e. The fraction of sp³-hybridized carbons (Fsp3) is 0.174. The number of nitrogens with zero attached hydrogens (tertiary/aromatic N) is 1. The molecule has 0 aromatic heterocycles. The monoisotopic (exact) mass is 438 g/mol. The Hall–Kier alpha value is -3.52. The fourth-order valence-electron chi connectivity index (χ4n) is 2.84. The predicted octanol–water partition coefficient (Wildman–Crippen LogP) is 3.25. The zero-order valence-corrected chi connectivity index (χ0v) is 17.6. The highest BCUT2D eigenvalue weighted by atomic mass is 32.2. The Morgan fingerprint density at radius 1 is 1.13 bits per heavy atom. The van der Waals surface area contributed by atoms with E-state index in [4.69, 9.17) is 9.47 Å². The molecule has 1 aliphatic rings. The molecular formula is C23H20NO6S-. The van der Waals surface area contributed by atoms with Crippen LogP contribution in [0.4, 0.5) is 4.79 Å². The van der Waals surface area contributed by atoms with Crippen LogP contribution in [0.3, 0.4) is 0 Å². The summed E-state index contributed by atoms with van der Waals surface area (Å²) in [4.78, 5) is 36.7. The van der Waals surface area contributed by atoms with Crippen LogP contribution in [0.25, 0.3) is 6.08 Å².